The van der Waals surface area contributed by atoms with Gasteiger partial charge in [-0.05, 0) is 48.7 Å². The van der Waals surface area contributed by atoms with E-state index in [9.17, 15) is 13.2 Å². The highest BCUT2D eigenvalue weighted by Gasteiger charge is 2.28. The van der Waals surface area contributed by atoms with Crippen LogP contribution >= 0.6 is 0 Å². The van der Waals surface area contributed by atoms with E-state index in [-0.39, 0.29) is 23.6 Å². The van der Waals surface area contributed by atoms with Gasteiger partial charge in [-0.3, -0.25) is 4.79 Å². The SMILES string of the molecule is COc1ccc(C)cc1S(=O)(=O)N[C@H](Cc1ccccc1)C(=O)NCc1ccco1. The van der Waals surface area contributed by atoms with Crippen molar-refractivity contribution in [2.45, 2.75) is 30.8 Å². The smallest absolute Gasteiger partial charge is 0.244 e. The van der Waals surface area contributed by atoms with E-state index in [2.05, 4.69) is 10.0 Å². The second-order valence-corrected chi connectivity index (χ2v) is 8.50. The van der Waals surface area contributed by atoms with Crippen LogP contribution in [0.25, 0.3) is 0 Å². The lowest BCUT2D eigenvalue weighted by molar-refractivity contribution is -0.122. The van der Waals surface area contributed by atoms with Gasteiger partial charge in [-0.25, -0.2) is 8.42 Å². The molecule has 1 aromatic heterocycles. The molecule has 0 unspecified atom stereocenters. The number of aryl methyl sites for hydroxylation is 1. The molecule has 0 aliphatic carbocycles. The average molecular weight is 429 g/mol. The van der Waals surface area contributed by atoms with Crippen LogP contribution in [-0.2, 0) is 27.8 Å². The maximum absolute atomic E-state index is 13.1. The second kappa shape index (κ2) is 9.60. The number of methoxy groups -OCH3 is 1. The molecule has 8 heteroatoms. The number of benzene rings is 2. The highest BCUT2D eigenvalue weighted by atomic mass is 32.2. The van der Waals surface area contributed by atoms with Crippen molar-refractivity contribution < 1.29 is 22.4 Å². The number of hydrogen-bond acceptors (Lipinski definition) is 5. The van der Waals surface area contributed by atoms with Crippen molar-refractivity contribution in [3.05, 3.63) is 83.8 Å². The summed E-state index contributed by atoms with van der Waals surface area (Å²) in [6, 6.07) is 16.5. The van der Waals surface area contributed by atoms with Crippen LogP contribution < -0.4 is 14.8 Å². The summed E-state index contributed by atoms with van der Waals surface area (Å²) in [5.74, 6) is 0.332. The molecule has 3 rings (SSSR count). The molecule has 3 aromatic rings. The normalized spacial score (nSPS) is 12.3. The third kappa shape index (κ3) is 5.49. The summed E-state index contributed by atoms with van der Waals surface area (Å²) in [6.45, 7) is 1.95. The fourth-order valence-electron chi connectivity index (χ4n) is 2.99. The van der Waals surface area contributed by atoms with E-state index in [1.54, 1.807) is 31.2 Å². The standard InChI is InChI=1S/C22H24N2O5S/c1-16-10-11-20(28-2)21(13-16)30(26,27)24-19(14-17-7-4-3-5-8-17)22(25)23-15-18-9-6-12-29-18/h3-13,19,24H,14-15H2,1-2H3,(H,23,25)/t19-/m1/s1. The van der Waals surface area contributed by atoms with Crippen molar-refractivity contribution in [2.24, 2.45) is 0 Å². The Morgan fingerprint density at radius 1 is 1.10 bits per heavy atom. The quantitative estimate of drug-likeness (QED) is 0.546. The van der Waals surface area contributed by atoms with Gasteiger partial charge in [0.25, 0.3) is 0 Å². The molecule has 0 saturated heterocycles. The number of hydrogen-bond donors (Lipinski definition) is 2. The Labute approximate surface area is 176 Å². The zero-order chi connectivity index (χ0) is 21.6. The summed E-state index contributed by atoms with van der Waals surface area (Å²) in [4.78, 5) is 12.9. The zero-order valence-electron chi connectivity index (χ0n) is 16.8. The number of sulfonamides is 1. The number of carbonyl (C=O) groups excluding carboxylic acids is 1. The predicted molar refractivity (Wildman–Crippen MR) is 113 cm³/mol. The van der Waals surface area contributed by atoms with Gasteiger partial charge in [0.2, 0.25) is 15.9 Å². The Bertz CT molecular complexity index is 1080. The fourth-order valence-corrected chi connectivity index (χ4v) is 4.44. The second-order valence-electron chi connectivity index (χ2n) is 6.82. The number of ether oxygens (including phenoxy) is 1. The van der Waals surface area contributed by atoms with Gasteiger partial charge in [-0.15, -0.1) is 0 Å². The van der Waals surface area contributed by atoms with Crippen LogP contribution in [0.2, 0.25) is 0 Å². The van der Waals surface area contributed by atoms with Gasteiger partial charge in [-0.2, -0.15) is 4.72 Å². The van der Waals surface area contributed by atoms with Crippen LogP contribution in [0.4, 0.5) is 0 Å². The summed E-state index contributed by atoms with van der Waals surface area (Å²) >= 11 is 0. The summed E-state index contributed by atoms with van der Waals surface area (Å²) in [5.41, 5.74) is 1.59. The Kier molecular flexibility index (Phi) is 6.91. The monoisotopic (exact) mass is 428 g/mol. The lowest BCUT2D eigenvalue weighted by Crippen LogP contribution is -2.47. The number of nitrogens with one attached hydrogen (secondary N) is 2. The van der Waals surface area contributed by atoms with E-state index in [0.29, 0.717) is 5.76 Å². The number of furan rings is 1. The molecule has 0 saturated carbocycles. The van der Waals surface area contributed by atoms with E-state index in [1.807, 2.05) is 30.3 Å². The molecular formula is C22H24N2O5S. The van der Waals surface area contributed by atoms with E-state index in [0.717, 1.165) is 11.1 Å². The minimum absolute atomic E-state index is 0.0121. The Morgan fingerprint density at radius 2 is 1.87 bits per heavy atom. The van der Waals surface area contributed by atoms with Crippen LogP contribution in [0.5, 0.6) is 5.75 Å². The molecule has 0 aliphatic heterocycles. The molecular weight excluding hydrogens is 404 g/mol. The Hall–Kier alpha value is -3.10. The van der Waals surface area contributed by atoms with Crippen LogP contribution in [0.3, 0.4) is 0 Å². The minimum Gasteiger partial charge on any atom is -0.495 e. The molecule has 0 radical (unpaired) electrons. The molecule has 2 N–H and O–H groups in total. The zero-order valence-corrected chi connectivity index (χ0v) is 17.6. The van der Waals surface area contributed by atoms with Gasteiger partial charge < -0.3 is 14.5 Å². The van der Waals surface area contributed by atoms with Gasteiger partial charge in [0.15, 0.2) is 0 Å². The lowest BCUT2D eigenvalue weighted by Gasteiger charge is -2.19. The average Bonchev–Trinajstić information content (AvgIpc) is 3.26. The molecule has 1 heterocycles. The van der Waals surface area contributed by atoms with E-state index >= 15 is 0 Å². The van der Waals surface area contributed by atoms with E-state index < -0.39 is 22.0 Å². The van der Waals surface area contributed by atoms with Crippen molar-refractivity contribution >= 4 is 15.9 Å². The van der Waals surface area contributed by atoms with E-state index in [4.69, 9.17) is 9.15 Å². The van der Waals surface area contributed by atoms with Crippen molar-refractivity contribution in [1.82, 2.24) is 10.0 Å². The highest BCUT2D eigenvalue weighted by molar-refractivity contribution is 7.89. The topological polar surface area (TPSA) is 97.6 Å². The van der Waals surface area contributed by atoms with Crippen LogP contribution in [-0.4, -0.2) is 27.5 Å². The molecule has 0 spiro atoms. The maximum atomic E-state index is 13.1. The summed E-state index contributed by atoms with van der Waals surface area (Å²) in [6.07, 6.45) is 1.70. The molecule has 0 bridgehead atoms. The first-order chi connectivity index (χ1) is 14.4. The minimum atomic E-state index is -4.02. The lowest BCUT2D eigenvalue weighted by atomic mass is 10.1. The molecule has 7 nitrogen and oxygen atoms in total. The van der Waals surface area contributed by atoms with Gasteiger partial charge in [0.05, 0.1) is 19.9 Å². The molecule has 1 amide bonds. The molecule has 0 fully saturated rings. The molecule has 30 heavy (non-hydrogen) atoms. The van der Waals surface area contributed by atoms with Crippen LogP contribution in [0.1, 0.15) is 16.9 Å². The van der Waals surface area contributed by atoms with Gasteiger partial charge in [0.1, 0.15) is 22.4 Å². The van der Waals surface area contributed by atoms with Gasteiger partial charge >= 0.3 is 0 Å². The summed E-state index contributed by atoms with van der Waals surface area (Å²) in [7, 11) is -2.62. The van der Waals surface area contributed by atoms with Gasteiger partial charge in [0, 0.05) is 0 Å². The maximum Gasteiger partial charge on any atom is 0.244 e. The van der Waals surface area contributed by atoms with Crippen molar-refractivity contribution in [1.29, 1.82) is 0 Å². The molecule has 1 atom stereocenters. The van der Waals surface area contributed by atoms with Crippen molar-refractivity contribution in [2.75, 3.05) is 7.11 Å². The number of amides is 1. The first-order valence-electron chi connectivity index (χ1n) is 9.40. The van der Waals surface area contributed by atoms with Crippen LogP contribution in [0, 0.1) is 6.92 Å². The molecule has 2 aromatic carbocycles. The molecule has 0 aliphatic rings. The fraction of sp³-hybridized carbons (Fsp3) is 0.227. The Morgan fingerprint density at radius 3 is 2.53 bits per heavy atom. The third-order valence-electron chi connectivity index (χ3n) is 4.52. The van der Waals surface area contributed by atoms with Crippen molar-refractivity contribution in [3.63, 3.8) is 0 Å². The summed E-state index contributed by atoms with van der Waals surface area (Å²) in [5, 5.41) is 2.73. The van der Waals surface area contributed by atoms with Crippen LogP contribution in [0.15, 0.2) is 76.2 Å². The molecule has 158 valence electrons. The first-order valence-corrected chi connectivity index (χ1v) is 10.9. The Balaban J connectivity index is 1.85. The number of carbonyl (C=O) groups is 1. The largest absolute Gasteiger partial charge is 0.495 e. The van der Waals surface area contributed by atoms with E-state index in [1.165, 1.54) is 19.4 Å². The predicted octanol–water partition coefficient (Wildman–Crippen LogP) is 2.80. The van der Waals surface area contributed by atoms with Gasteiger partial charge in [-0.1, -0.05) is 36.4 Å². The summed E-state index contributed by atoms with van der Waals surface area (Å²) < 4.78 is 39.2. The first kappa shape index (κ1) is 21.6. The van der Waals surface area contributed by atoms with Crippen molar-refractivity contribution in [3.8, 4) is 5.75 Å². The third-order valence-corrected chi connectivity index (χ3v) is 6.02. The highest BCUT2D eigenvalue weighted by Crippen LogP contribution is 2.25. The number of rotatable bonds is 9.